The third-order valence-electron chi connectivity index (χ3n) is 3.92. The normalized spacial score (nSPS) is 13.2. The molecule has 0 bridgehead atoms. The van der Waals surface area contributed by atoms with E-state index >= 15 is 0 Å². The Kier molecular flexibility index (Phi) is 5.09. The van der Waals surface area contributed by atoms with Crippen LogP contribution < -0.4 is 10.6 Å². The molecule has 0 spiro atoms. The summed E-state index contributed by atoms with van der Waals surface area (Å²) in [5, 5.41) is 15.4. The number of aliphatic hydroxyl groups is 1. The Hall–Kier alpha value is -2.60. The third kappa shape index (κ3) is 4.02. The minimum Gasteiger partial charge on any atom is -0.463 e. The highest BCUT2D eigenvalue weighted by Crippen LogP contribution is 2.22. The molecule has 128 valence electrons. The number of benzene rings is 1. The molecule has 0 radical (unpaired) electrons. The second-order valence-electron chi connectivity index (χ2n) is 6.07. The van der Waals surface area contributed by atoms with Crippen molar-refractivity contribution in [3.05, 3.63) is 53.0 Å². The van der Waals surface area contributed by atoms with Gasteiger partial charge in [-0.2, -0.15) is 0 Å². The van der Waals surface area contributed by atoms with Gasteiger partial charge < -0.3 is 20.2 Å². The molecule has 0 saturated heterocycles. The van der Waals surface area contributed by atoms with Crippen LogP contribution in [0.1, 0.15) is 29.6 Å². The predicted octanol–water partition coefficient (Wildman–Crippen LogP) is 2.17. The Labute approximate surface area is 140 Å². The van der Waals surface area contributed by atoms with Crippen molar-refractivity contribution in [3.8, 4) is 0 Å². The van der Waals surface area contributed by atoms with Crippen molar-refractivity contribution in [2.24, 2.45) is 0 Å². The summed E-state index contributed by atoms with van der Waals surface area (Å²) >= 11 is 0. The van der Waals surface area contributed by atoms with Crippen LogP contribution in [0.25, 0.3) is 0 Å². The minimum absolute atomic E-state index is 0.140. The zero-order chi connectivity index (χ0) is 17.9. The predicted molar refractivity (Wildman–Crippen MR) is 90.6 cm³/mol. The summed E-state index contributed by atoms with van der Waals surface area (Å²) in [6.45, 7) is 6.92. The fraction of sp³-hybridized carbons (Fsp3) is 0.333. The maximum Gasteiger partial charge on any atom is 0.313 e. The van der Waals surface area contributed by atoms with Crippen molar-refractivity contribution in [1.82, 2.24) is 5.32 Å². The van der Waals surface area contributed by atoms with Gasteiger partial charge in [-0.15, -0.1) is 0 Å². The smallest absolute Gasteiger partial charge is 0.313 e. The number of hydrogen-bond donors (Lipinski definition) is 3. The highest BCUT2D eigenvalue weighted by atomic mass is 16.4. The number of furan rings is 1. The molecule has 24 heavy (non-hydrogen) atoms. The number of amides is 2. The van der Waals surface area contributed by atoms with Gasteiger partial charge in [0.2, 0.25) is 0 Å². The minimum atomic E-state index is -1.40. The third-order valence-corrected chi connectivity index (χ3v) is 3.92. The summed E-state index contributed by atoms with van der Waals surface area (Å²) in [4.78, 5) is 24.0. The second kappa shape index (κ2) is 6.88. The molecule has 6 nitrogen and oxygen atoms in total. The Morgan fingerprint density at radius 3 is 2.46 bits per heavy atom. The molecule has 2 rings (SSSR count). The summed E-state index contributed by atoms with van der Waals surface area (Å²) in [5.74, 6) is -0.617. The molecule has 0 fully saturated rings. The Balaban J connectivity index is 1.97. The van der Waals surface area contributed by atoms with Crippen molar-refractivity contribution in [2.75, 3.05) is 11.9 Å². The van der Waals surface area contributed by atoms with Gasteiger partial charge in [-0.25, -0.2) is 0 Å². The van der Waals surface area contributed by atoms with E-state index in [9.17, 15) is 14.7 Å². The topological polar surface area (TPSA) is 91.6 Å². The van der Waals surface area contributed by atoms with Crippen molar-refractivity contribution in [2.45, 2.75) is 33.3 Å². The lowest BCUT2D eigenvalue weighted by atomic mass is 10.0. The molecule has 0 aliphatic carbocycles. The van der Waals surface area contributed by atoms with Crippen LogP contribution in [0.2, 0.25) is 0 Å². The van der Waals surface area contributed by atoms with Crippen LogP contribution in [0.4, 0.5) is 5.69 Å². The lowest BCUT2D eigenvalue weighted by molar-refractivity contribution is -0.136. The molecule has 0 saturated carbocycles. The van der Waals surface area contributed by atoms with Gasteiger partial charge in [0.05, 0.1) is 6.54 Å². The van der Waals surface area contributed by atoms with Gasteiger partial charge in [-0.05, 0) is 57.0 Å². The van der Waals surface area contributed by atoms with Crippen LogP contribution in [-0.4, -0.2) is 23.5 Å². The van der Waals surface area contributed by atoms with Gasteiger partial charge in [0.1, 0.15) is 17.1 Å². The molecular formula is C18H22N2O4. The van der Waals surface area contributed by atoms with Gasteiger partial charge in [0.25, 0.3) is 0 Å². The van der Waals surface area contributed by atoms with Gasteiger partial charge in [-0.1, -0.05) is 12.1 Å². The molecule has 1 heterocycles. The summed E-state index contributed by atoms with van der Waals surface area (Å²) in [7, 11) is 0. The molecule has 1 atom stereocenters. The van der Waals surface area contributed by atoms with Crippen LogP contribution in [0, 0.1) is 20.8 Å². The lowest BCUT2D eigenvalue weighted by Crippen LogP contribution is -2.43. The maximum absolute atomic E-state index is 12.0. The van der Waals surface area contributed by atoms with E-state index in [2.05, 4.69) is 10.6 Å². The zero-order valence-corrected chi connectivity index (χ0v) is 14.3. The number of carbonyl (C=O) groups is 2. The van der Waals surface area contributed by atoms with Gasteiger partial charge in [0, 0.05) is 5.69 Å². The van der Waals surface area contributed by atoms with Crippen LogP contribution in [0.5, 0.6) is 0 Å². The Morgan fingerprint density at radius 1 is 1.12 bits per heavy atom. The zero-order valence-electron chi connectivity index (χ0n) is 14.3. The van der Waals surface area contributed by atoms with Crippen LogP contribution in [0.3, 0.4) is 0 Å². The molecule has 2 amide bonds. The highest BCUT2D eigenvalue weighted by Gasteiger charge is 2.28. The van der Waals surface area contributed by atoms with E-state index in [0.29, 0.717) is 17.2 Å². The van der Waals surface area contributed by atoms with Crippen LogP contribution >= 0.6 is 0 Å². The first kappa shape index (κ1) is 17.7. The van der Waals surface area contributed by atoms with E-state index < -0.39 is 17.4 Å². The lowest BCUT2D eigenvalue weighted by Gasteiger charge is -2.21. The number of carbonyl (C=O) groups excluding carboxylic acids is 2. The van der Waals surface area contributed by atoms with Crippen molar-refractivity contribution >= 4 is 17.5 Å². The first-order chi connectivity index (χ1) is 11.2. The Bertz CT molecular complexity index is 762. The number of rotatable bonds is 4. The van der Waals surface area contributed by atoms with Crippen LogP contribution in [0.15, 0.2) is 34.7 Å². The number of anilines is 1. The van der Waals surface area contributed by atoms with E-state index in [1.807, 2.05) is 19.9 Å². The summed E-state index contributed by atoms with van der Waals surface area (Å²) in [6.07, 6.45) is 0. The Morgan fingerprint density at radius 2 is 1.83 bits per heavy atom. The van der Waals surface area contributed by atoms with Crippen molar-refractivity contribution in [3.63, 3.8) is 0 Å². The van der Waals surface area contributed by atoms with Crippen LogP contribution in [-0.2, 0) is 15.2 Å². The number of aryl methyl sites for hydroxylation is 2. The van der Waals surface area contributed by atoms with Crippen molar-refractivity contribution in [1.29, 1.82) is 0 Å². The van der Waals surface area contributed by atoms with Gasteiger partial charge >= 0.3 is 11.8 Å². The van der Waals surface area contributed by atoms with E-state index in [1.54, 1.807) is 31.2 Å². The number of hydrogen-bond acceptors (Lipinski definition) is 4. The fourth-order valence-corrected chi connectivity index (χ4v) is 2.21. The molecule has 3 N–H and O–H groups in total. The first-order valence-corrected chi connectivity index (χ1v) is 7.65. The molecule has 1 unspecified atom stereocenters. The molecule has 1 aromatic heterocycles. The second-order valence-corrected chi connectivity index (χ2v) is 6.07. The standard InChI is InChI=1S/C18H22N2O4/c1-11-6-5-7-14(13(11)3)20-17(22)16(21)19-10-18(4,23)15-9-8-12(2)24-15/h5-9,23H,10H2,1-4H3,(H,19,21)(H,20,22). The summed E-state index contributed by atoms with van der Waals surface area (Å²) < 4.78 is 5.36. The number of nitrogens with one attached hydrogen (secondary N) is 2. The molecule has 1 aromatic carbocycles. The molecule has 0 aliphatic heterocycles. The average molecular weight is 330 g/mol. The average Bonchev–Trinajstić information content (AvgIpc) is 2.97. The largest absolute Gasteiger partial charge is 0.463 e. The quantitative estimate of drug-likeness (QED) is 0.749. The molecule has 6 heteroatoms. The van der Waals surface area contributed by atoms with Gasteiger partial charge in [0.15, 0.2) is 0 Å². The molecule has 2 aromatic rings. The monoisotopic (exact) mass is 330 g/mol. The summed E-state index contributed by atoms with van der Waals surface area (Å²) in [6, 6.07) is 8.82. The SMILES string of the molecule is Cc1ccc(C(C)(O)CNC(=O)C(=O)Nc2cccc(C)c2C)o1. The first-order valence-electron chi connectivity index (χ1n) is 7.65. The van der Waals surface area contributed by atoms with E-state index in [0.717, 1.165) is 11.1 Å². The molecular weight excluding hydrogens is 308 g/mol. The highest BCUT2D eigenvalue weighted by molar-refractivity contribution is 6.39. The summed E-state index contributed by atoms with van der Waals surface area (Å²) in [5.41, 5.74) is 1.10. The van der Waals surface area contributed by atoms with Crippen molar-refractivity contribution < 1.29 is 19.1 Å². The van der Waals surface area contributed by atoms with E-state index in [1.165, 1.54) is 6.92 Å². The fourth-order valence-electron chi connectivity index (χ4n) is 2.21. The molecule has 0 aliphatic rings. The van der Waals surface area contributed by atoms with E-state index in [4.69, 9.17) is 4.42 Å². The van der Waals surface area contributed by atoms with E-state index in [-0.39, 0.29) is 6.54 Å². The maximum atomic E-state index is 12.0. The van der Waals surface area contributed by atoms with Gasteiger partial charge in [-0.3, -0.25) is 9.59 Å².